The molecule has 26 heavy (non-hydrogen) atoms. The van der Waals surface area contributed by atoms with Gasteiger partial charge in [-0.3, -0.25) is 10.1 Å². The minimum atomic E-state index is -0.113. The number of carbonyl (C=O) groups excluding carboxylic acids is 1. The molecule has 2 amide bonds. The Morgan fingerprint density at radius 3 is 2.85 bits per heavy atom. The summed E-state index contributed by atoms with van der Waals surface area (Å²) in [5.41, 5.74) is 1.05. The van der Waals surface area contributed by atoms with Gasteiger partial charge in [0.1, 0.15) is 11.5 Å². The average Bonchev–Trinajstić information content (AvgIpc) is 3.30. The highest BCUT2D eigenvalue weighted by atomic mass is 16.2. The van der Waals surface area contributed by atoms with Gasteiger partial charge in [-0.05, 0) is 43.2 Å². The van der Waals surface area contributed by atoms with E-state index in [1.807, 2.05) is 18.2 Å². The second-order valence-corrected chi connectivity index (χ2v) is 7.52. The number of pyridine rings is 1. The van der Waals surface area contributed by atoms with Gasteiger partial charge in [-0.1, -0.05) is 31.7 Å². The van der Waals surface area contributed by atoms with E-state index in [0.717, 1.165) is 6.42 Å². The van der Waals surface area contributed by atoms with E-state index in [1.165, 1.54) is 44.9 Å². The van der Waals surface area contributed by atoms with Crippen molar-refractivity contribution in [3.63, 3.8) is 0 Å². The van der Waals surface area contributed by atoms with Crippen LogP contribution in [0, 0.1) is 5.41 Å². The minimum Gasteiger partial charge on any atom is -0.335 e. The van der Waals surface area contributed by atoms with Crippen molar-refractivity contribution < 1.29 is 4.79 Å². The Bertz CT molecular complexity index is 737. The monoisotopic (exact) mass is 354 g/mol. The number of aromatic amines is 1. The number of hydrogen-bond donors (Lipinski definition) is 3. The summed E-state index contributed by atoms with van der Waals surface area (Å²) in [7, 11) is 0. The number of aromatic nitrogens is 4. The fourth-order valence-corrected chi connectivity index (χ4v) is 4.58. The van der Waals surface area contributed by atoms with Crippen LogP contribution in [0.4, 0.5) is 4.79 Å². The van der Waals surface area contributed by atoms with E-state index in [4.69, 9.17) is 0 Å². The first-order valence-electron chi connectivity index (χ1n) is 9.62. The Kier molecular flexibility index (Phi) is 4.86. The van der Waals surface area contributed by atoms with Gasteiger partial charge in [0.05, 0.1) is 6.54 Å². The molecule has 1 spiro atoms. The summed E-state index contributed by atoms with van der Waals surface area (Å²) >= 11 is 0. The summed E-state index contributed by atoms with van der Waals surface area (Å²) in [5, 5.41) is 13.2. The predicted octanol–water partition coefficient (Wildman–Crippen LogP) is 3.17. The first-order chi connectivity index (χ1) is 12.8. The molecular weight excluding hydrogens is 328 g/mol. The van der Waals surface area contributed by atoms with Gasteiger partial charge in [-0.15, -0.1) is 0 Å². The van der Waals surface area contributed by atoms with Gasteiger partial charge in [-0.2, -0.15) is 5.10 Å². The molecule has 2 aliphatic carbocycles. The molecule has 0 bridgehead atoms. The van der Waals surface area contributed by atoms with E-state index < -0.39 is 0 Å². The van der Waals surface area contributed by atoms with Crippen LogP contribution in [0.25, 0.3) is 11.5 Å². The molecule has 0 aromatic carbocycles. The first kappa shape index (κ1) is 17.0. The fraction of sp³-hybridized carbons (Fsp3) is 0.579. The van der Waals surface area contributed by atoms with Crippen LogP contribution in [0.5, 0.6) is 0 Å². The van der Waals surface area contributed by atoms with Gasteiger partial charge in [0.2, 0.25) is 0 Å². The summed E-state index contributed by atoms with van der Waals surface area (Å²) in [5.74, 6) is 1.17. The van der Waals surface area contributed by atoms with Crippen molar-refractivity contribution in [2.45, 2.75) is 64.0 Å². The number of rotatable bonds is 4. The first-order valence-corrected chi connectivity index (χ1v) is 9.62. The molecule has 1 atom stereocenters. The van der Waals surface area contributed by atoms with Crippen LogP contribution in [-0.4, -0.2) is 32.2 Å². The van der Waals surface area contributed by atoms with E-state index in [-0.39, 0.29) is 6.03 Å². The van der Waals surface area contributed by atoms with Crippen molar-refractivity contribution in [3.8, 4) is 11.5 Å². The van der Waals surface area contributed by atoms with Gasteiger partial charge in [0, 0.05) is 12.2 Å². The van der Waals surface area contributed by atoms with Crippen LogP contribution in [0.3, 0.4) is 0 Å². The second-order valence-electron chi connectivity index (χ2n) is 7.52. The smallest absolute Gasteiger partial charge is 0.315 e. The summed E-state index contributed by atoms with van der Waals surface area (Å²) in [4.78, 5) is 21.0. The third-order valence-electron chi connectivity index (χ3n) is 5.90. The summed E-state index contributed by atoms with van der Waals surface area (Å²) in [6.45, 7) is 0.325. The van der Waals surface area contributed by atoms with Crippen LogP contribution in [0.2, 0.25) is 0 Å². The fourth-order valence-electron chi connectivity index (χ4n) is 4.58. The average molecular weight is 354 g/mol. The number of hydrogen-bond acceptors (Lipinski definition) is 4. The van der Waals surface area contributed by atoms with E-state index in [9.17, 15) is 4.79 Å². The molecule has 1 unspecified atom stereocenters. The lowest BCUT2D eigenvalue weighted by molar-refractivity contribution is 0.150. The van der Waals surface area contributed by atoms with Crippen LogP contribution < -0.4 is 10.6 Å². The zero-order valence-corrected chi connectivity index (χ0v) is 15.0. The lowest BCUT2D eigenvalue weighted by Crippen LogP contribution is -2.48. The van der Waals surface area contributed by atoms with Gasteiger partial charge in [-0.25, -0.2) is 9.78 Å². The molecule has 2 aromatic rings. The molecule has 2 aliphatic rings. The Morgan fingerprint density at radius 1 is 1.19 bits per heavy atom. The largest absolute Gasteiger partial charge is 0.335 e. The number of carbonyl (C=O) groups is 1. The predicted molar refractivity (Wildman–Crippen MR) is 98.1 cm³/mol. The van der Waals surface area contributed by atoms with E-state index in [2.05, 4.69) is 30.8 Å². The number of nitrogens with zero attached hydrogens (tertiary/aromatic N) is 3. The van der Waals surface area contributed by atoms with Crippen LogP contribution in [-0.2, 0) is 6.54 Å². The van der Waals surface area contributed by atoms with Crippen molar-refractivity contribution in [3.05, 3.63) is 30.2 Å². The van der Waals surface area contributed by atoms with E-state index in [0.29, 0.717) is 35.3 Å². The van der Waals surface area contributed by atoms with Gasteiger partial charge >= 0.3 is 6.03 Å². The third-order valence-corrected chi connectivity index (χ3v) is 5.90. The maximum atomic E-state index is 12.4. The molecular formula is C19H26N6O. The summed E-state index contributed by atoms with van der Waals surface area (Å²) in [6, 6.07) is 5.80. The lowest BCUT2D eigenvalue weighted by Gasteiger charge is -2.39. The van der Waals surface area contributed by atoms with Gasteiger partial charge < -0.3 is 10.6 Å². The molecule has 4 rings (SSSR count). The van der Waals surface area contributed by atoms with Crippen molar-refractivity contribution in [1.29, 1.82) is 0 Å². The quantitative estimate of drug-likeness (QED) is 0.786. The van der Waals surface area contributed by atoms with Crippen molar-refractivity contribution >= 4 is 6.03 Å². The van der Waals surface area contributed by atoms with Crippen LogP contribution in [0.15, 0.2) is 24.4 Å². The number of H-pyrrole nitrogens is 1. The van der Waals surface area contributed by atoms with Gasteiger partial charge in [0.15, 0.2) is 5.82 Å². The molecule has 2 heterocycles. The topological polar surface area (TPSA) is 95.6 Å². The van der Waals surface area contributed by atoms with Crippen LogP contribution in [0.1, 0.15) is 57.2 Å². The Balaban J connectivity index is 1.31. The summed E-state index contributed by atoms with van der Waals surface area (Å²) in [6.07, 6.45) is 11.7. The number of nitrogens with one attached hydrogen (secondary N) is 3. The molecule has 7 nitrogen and oxygen atoms in total. The molecule has 2 saturated carbocycles. The molecule has 7 heteroatoms. The molecule has 0 aliphatic heterocycles. The Labute approximate surface area is 153 Å². The standard InChI is InChI=1S/C19H26N6O/c26-18(22-15-8-6-11-19(15)9-3-1-4-10-19)21-13-16-23-17(25-24-16)14-7-2-5-12-20-14/h2,5,7,12,15H,1,3-4,6,8-11,13H2,(H2,21,22,26)(H,23,24,25). The SMILES string of the molecule is O=C(NCc1nc(-c2ccccn2)n[nH]1)NC1CCCC12CCCCC2. The third kappa shape index (κ3) is 3.57. The Morgan fingerprint density at radius 2 is 2.04 bits per heavy atom. The molecule has 2 aromatic heterocycles. The van der Waals surface area contributed by atoms with Crippen molar-refractivity contribution in [2.24, 2.45) is 5.41 Å². The zero-order valence-electron chi connectivity index (χ0n) is 15.0. The van der Waals surface area contributed by atoms with E-state index >= 15 is 0 Å². The highest BCUT2D eigenvalue weighted by Crippen LogP contribution is 2.49. The lowest BCUT2D eigenvalue weighted by atomic mass is 9.70. The minimum absolute atomic E-state index is 0.113. The van der Waals surface area contributed by atoms with Crippen molar-refractivity contribution in [1.82, 2.24) is 30.8 Å². The molecule has 0 saturated heterocycles. The summed E-state index contributed by atoms with van der Waals surface area (Å²) < 4.78 is 0. The second kappa shape index (κ2) is 7.43. The maximum Gasteiger partial charge on any atom is 0.315 e. The number of amides is 2. The highest BCUT2D eigenvalue weighted by Gasteiger charge is 2.43. The van der Waals surface area contributed by atoms with E-state index in [1.54, 1.807) is 6.20 Å². The number of urea groups is 1. The zero-order chi connectivity index (χ0) is 17.8. The molecule has 3 N–H and O–H groups in total. The highest BCUT2D eigenvalue weighted by molar-refractivity contribution is 5.74. The van der Waals surface area contributed by atoms with Crippen molar-refractivity contribution in [2.75, 3.05) is 0 Å². The van der Waals surface area contributed by atoms with Gasteiger partial charge in [0.25, 0.3) is 0 Å². The molecule has 0 radical (unpaired) electrons. The Hall–Kier alpha value is -2.44. The maximum absolute atomic E-state index is 12.4. The molecule has 2 fully saturated rings. The van der Waals surface area contributed by atoms with Crippen LogP contribution >= 0.6 is 0 Å². The molecule has 138 valence electrons. The normalized spacial score (nSPS) is 21.6.